The third kappa shape index (κ3) is 5.33. The van der Waals surface area contributed by atoms with Gasteiger partial charge in [-0.2, -0.15) is 0 Å². The van der Waals surface area contributed by atoms with Crippen molar-refractivity contribution in [1.29, 1.82) is 0 Å². The fraction of sp³-hybridized carbons (Fsp3) is 0.529. The number of hydrogen-bond donors (Lipinski definition) is 1. The van der Waals surface area contributed by atoms with Crippen molar-refractivity contribution in [2.24, 2.45) is 0 Å². The Morgan fingerprint density at radius 2 is 2.09 bits per heavy atom. The standard InChI is InChI=1S/C17H23NO5/c1-13(5-7-15(19)18-2)23-16(20)8-6-14-4-3-9-17(12-14)21-10-11-22-17/h4-8,13H,3,9-12H2,1-2H3,(H,18,19)/t13-/m1/s1. The number of ether oxygens (including phenoxy) is 3. The smallest absolute Gasteiger partial charge is 0.331 e. The van der Waals surface area contributed by atoms with E-state index in [1.807, 2.05) is 0 Å². The van der Waals surface area contributed by atoms with E-state index in [4.69, 9.17) is 14.2 Å². The summed E-state index contributed by atoms with van der Waals surface area (Å²) < 4.78 is 16.5. The summed E-state index contributed by atoms with van der Waals surface area (Å²) in [7, 11) is 1.54. The summed E-state index contributed by atoms with van der Waals surface area (Å²) in [5.74, 6) is -1.20. The lowest BCUT2D eigenvalue weighted by molar-refractivity contribution is -0.162. The molecule has 1 amide bonds. The Kier molecular flexibility index (Phi) is 6.12. The van der Waals surface area contributed by atoms with Crippen LogP contribution in [0.2, 0.25) is 0 Å². The number of esters is 1. The monoisotopic (exact) mass is 321 g/mol. The number of nitrogens with one attached hydrogen (secondary N) is 1. The first-order valence-corrected chi connectivity index (χ1v) is 7.78. The Balaban J connectivity index is 1.82. The van der Waals surface area contributed by atoms with Crippen LogP contribution in [0.4, 0.5) is 0 Å². The van der Waals surface area contributed by atoms with Crippen molar-refractivity contribution in [1.82, 2.24) is 5.32 Å². The molecule has 0 aromatic heterocycles. The summed E-state index contributed by atoms with van der Waals surface area (Å²) in [6.45, 7) is 2.93. The highest BCUT2D eigenvalue weighted by Gasteiger charge is 2.38. The molecule has 6 heteroatoms. The van der Waals surface area contributed by atoms with Crippen molar-refractivity contribution in [2.45, 2.75) is 38.1 Å². The molecule has 23 heavy (non-hydrogen) atoms. The predicted octanol–water partition coefficient (Wildman–Crippen LogP) is 1.63. The third-order valence-electron chi connectivity index (χ3n) is 3.72. The second-order valence-corrected chi connectivity index (χ2v) is 5.55. The molecule has 0 radical (unpaired) electrons. The lowest BCUT2D eigenvalue weighted by Crippen LogP contribution is -2.32. The van der Waals surface area contributed by atoms with Crippen LogP contribution < -0.4 is 5.32 Å². The average Bonchev–Trinajstić information content (AvgIpc) is 2.98. The zero-order valence-corrected chi connectivity index (χ0v) is 13.5. The summed E-state index contributed by atoms with van der Waals surface area (Å²) in [4.78, 5) is 22.9. The van der Waals surface area contributed by atoms with E-state index < -0.39 is 17.9 Å². The highest BCUT2D eigenvalue weighted by molar-refractivity contribution is 5.87. The molecular weight excluding hydrogens is 298 g/mol. The van der Waals surface area contributed by atoms with E-state index in [9.17, 15) is 9.59 Å². The molecule has 0 aromatic carbocycles. The van der Waals surface area contributed by atoms with Gasteiger partial charge in [0.2, 0.25) is 5.91 Å². The van der Waals surface area contributed by atoms with Crippen LogP contribution in [0, 0.1) is 0 Å². The van der Waals surface area contributed by atoms with E-state index in [0.717, 1.165) is 18.4 Å². The van der Waals surface area contributed by atoms with Gasteiger partial charge in [-0.1, -0.05) is 12.2 Å². The van der Waals surface area contributed by atoms with Crippen molar-refractivity contribution in [3.63, 3.8) is 0 Å². The summed E-state index contributed by atoms with van der Waals surface area (Å²) in [5, 5.41) is 2.45. The van der Waals surface area contributed by atoms with Crippen LogP contribution in [0.15, 0.2) is 36.0 Å². The number of carbonyl (C=O) groups excluding carboxylic acids is 2. The molecule has 1 heterocycles. The van der Waals surface area contributed by atoms with E-state index in [0.29, 0.717) is 19.6 Å². The largest absolute Gasteiger partial charge is 0.455 e. The summed E-state index contributed by atoms with van der Waals surface area (Å²) in [6.07, 6.45) is 9.95. The van der Waals surface area contributed by atoms with Crippen molar-refractivity contribution in [3.8, 4) is 0 Å². The maximum atomic E-state index is 11.8. The van der Waals surface area contributed by atoms with Gasteiger partial charge in [0.05, 0.1) is 13.2 Å². The summed E-state index contributed by atoms with van der Waals surface area (Å²) in [6, 6.07) is 0. The molecule has 2 aliphatic rings. The van der Waals surface area contributed by atoms with Crippen LogP contribution in [0.3, 0.4) is 0 Å². The van der Waals surface area contributed by atoms with E-state index in [-0.39, 0.29) is 5.91 Å². The Bertz CT molecular complexity index is 529. The van der Waals surface area contributed by atoms with Gasteiger partial charge >= 0.3 is 5.97 Å². The minimum atomic E-state index is -0.512. The Hall–Kier alpha value is -1.92. The molecule has 6 nitrogen and oxygen atoms in total. The molecule has 1 aliphatic carbocycles. The van der Waals surface area contributed by atoms with Crippen molar-refractivity contribution < 1.29 is 23.8 Å². The first-order chi connectivity index (χ1) is 11.0. The number of hydrogen-bond acceptors (Lipinski definition) is 5. The first kappa shape index (κ1) is 17.4. The van der Waals surface area contributed by atoms with Gasteiger partial charge in [0.25, 0.3) is 0 Å². The quantitative estimate of drug-likeness (QED) is 0.615. The van der Waals surface area contributed by atoms with Crippen LogP contribution in [-0.4, -0.2) is 44.0 Å². The van der Waals surface area contributed by atoms with Crippen LogP contribution >= 0.6 is 0 Å². The van der Waals surface area contributed by atoms with Gasteiger partial charge in [-0.15, -0.1) is 0 Å². The highest BCUT2D eigenvalue weighted by atomic mass is 16.7. The number of amides is 1. The lowest BCUT2D eigenvalue weighted by Gasteiger charge is -2.30. The average molecular weight is 321 g/mol. The van der Waals surface area contributed by atoms with Crippen LogP contribution in [0.5, 0.6) is 0 Å². The van der Waals surface area contributed by atoms with Gasteiger partial charge in [0.1, 0.15) is 6.10 Å². The number of rotatable bonds is 5. The van der Waals surface area contributed by atoms with Gasteiger partial charge in [-0.05, 0) is 25.0 Å². The topological polar surface area (TPSA) is 73.9 Å². The van der Waals surface area contributed by atoms with Gasteiger partial charge in [-0.3, -0.25) is 4.79 Å². The molecule has 2 rings (SSSR count). The fourth-order valence-corrected chi connectivity index (χ4v) is 2.56. The molecule has 0 unspecified atom stereocenters. The molecule has 0 bridgehead atoms. The maximum absolute atomic E-state index is 11.8. The Morgan fingerprint density at radius 1 is 1.35 bits per heavy atom. The molecule has 1 aliphatic heterocycles. The Morgan fingerprint density at radius 3 is 2.78 bits per heavy atom. The molecule has 0 aromatic rings. The molecule has 1 spiro atoms. The minimum absolute atomic E-state index is 0.238. The third-order valence-corrected chi connectivity index (χ3v) is 3.72. The fourth-order valence-electron chi connectivity index (χ4n) is 2.56. The lowest BCUT2D eigenvalue weighted by atomic mass is 9.93. The second-order valence-electron chi connectivity index (χ2n) is 5.55. The summed E-state index contributed by atoms with van der Waals surface area (Å²) >= 11 is 0. The van der Waals surface area contributed by atoms with Gasteiger partial charge in [0, 0.05) is 32.0 Å². The van der Waals surface area contributed by atoms with E-state index in [1.165, 1.54) is 25.3 Å². The normalized spacial score (nSPS) is 21.6. The number of carbonyl (C=O) groups is 2. The number of allylic oxidation sites excluding steroid dienone is 2. The molecule has 1 fully saturated rings. The SMILES string of the molecule is CNC(=O)C=C[C@@H](C)OC(=O)C=CC1=CCCC2(C1)OCCO2. The first-order valence-electron chi connectivity index (χ1n) is 7.78. The van der Waals surface area contributed by atoms with E-state index in [2.05, 4.69) is 11.4 Å². The van der Waals surface area contributed by atoms with Gasteiger partial charge in [-0.25, -0.2) is 4.79 Å². The van der Waals surface area contributed by atoms with Crippen molar-refractivity contribution in [2.75, 3.05) is 20.3 Å². The Labute approximate surface area is 136 Å². The van der Waals surface area contributed by atoms with E-state index in [1.54, 1.807) is 13.0 Å². The van der Waals surface area contributed by atoms with E-state index >= 15 is 0 Å². The van der Waals surface area contributed by atoms with Crippen molar-refractivity contribution >= 4 is 11.9 Å². The van der Waals surface area contributed by atoms with Gasteiger partial charge in [0.15, 0.2) is 5.79 Å². The molecule has 1 atom stereocenters. The van der Waals surface area contributed by atoms with Crippen LogP contribution in [-0.2, 0) is 23.8 Å². The molecule has 126 valence electrons. The molecule has 1 saturated heterocycles. The second kappa shape index (κ2) is 8.08. The number of likely N-dealkylation sites (N-methyl/N-ethyl adjacent to an activating group) is 1. The maximum Gasteiger partial charge on any atom is 0.331 e. The van der Waals surface area contributed by atoms with Crippen LogP contribution in [0.25, 0.3) is 0 Å². The highest BCUT2D eigenvalue weighted by Crippen LogP contribution is 2.36. The zero-order chi connectivity index (χ0) is 16.7. The molecule has 1 N–H and O–H groups in total. The predicted molar refractivity (Wildman–Crippen MR) is 84.5 cm³/mol. The zero-order valence-electron chi connectivity index (χ0n) is 13.5. The molecule has 0 saturated carbocycles. The van der Waals surface area contributed by atoms with Gasteiger partial charge < -0.3 is 19.5 Å². The van der Waals surface area contributed by atoms with Crippen molar-refractivity contribution in [3.05, 3.63) is 36.0 Å². The van der Waals surface area contributed by atoms with Crippen LogP contribution in [0.1, 0.15) is 26.2 Å². The summed E-state index contributed by atoms with van der Waals surface area (Å²) in [5.41, 5.74) is 1.00. The molecular formula is C17H23NO5. The minimum Gasteiger partial charge on any atom is -0.455 e.